The fourth-order valence-electron chi connectivity index (χ4n) is 7.90. The highest BCUT2D eigenvalue weighted by molar-refractivity contribution is 5.81. The molecule has 5 heterocycles. The van der Waals surface area contributed by atoms with Gasteiger partial charge in [0.05, 0.1) is 51.0 Å². The molecule has 0 bridgehead atoms. The summed E-state index contributed by atoms with van der Waals surface area (Å²) in [6.07, 6.45) is 13.1. The number of anilines is 3. The van der Waals surface area contributed by atoms with E-state index < -0.39 is 12.1 Å². The molecule has 372 valence electrons. The smallest absolute Gasteiger partial charge is 0.247 e. The maximum Gasteiger partial charge on any atom is 0.247 e. The van der Waals surface area contributed by atoms with E-state index in [1.54, 1.807) is 39.8 Å². The number of amides is 2. The standard InChI is InChI=1S/C45H67N15O7.ClH/c1-4-25-65-27-29-67-30-28-66-26-15-47-43-48-44(57-20-16-55(17-21-57)41(63)39(31-35-9-11-38(62)12-10-35)59-32-37(13-24-61)52-53-59)50-45(49-43)58-22-18-56(19-23-58)42(64)40(34(3)5-2)60-33-36(51-54-60)8-6-7-14-46;/h1,9-12,32-34,39-40,61-62H,5-8,13-31,46H2,2-3H3,(H,47,48,49,50);1H/t34-,39-,40-;/m0./s1. The van der Waals surface area contributed by atoms with Crippen molar-refractivity contribution in [3.8, 4) is 18.1 Å². The number of benzene rings is 1. The highest BCUT2D eigenvalue weighted by Crippen LogP contribution is 2.26. The summed E-state index contributed by atoms with van der Waals surface area (Å²) in [6.45, 7) is 11.4. The highest BCUT2D eigenvalue weighted by Gasteiger charge is 2.35. The number of aromatic nitrogens is 9. The summed E-state index contributed by atoms with van der Waals surface area (Å²) in [5, 5.41) is 39.9. The molecule has 3 atom stereocenters. The van der Waals surface area contributed by atoms with Crippen molar-refractivity contribution in [2.45, 2.75) is 64.5 Å². The molecule has 1 aromatic carbocycles. The molecule has 2 amide bonds. The molecule has 0 spiro atoms. The molecule has 0 saturated carbocycles. The van der Waals surface area contributed by atoms with Gasteiger partial charge in [-0.3, -0.25) is 9.59 Å². The molecule has 68 heavy (non-hydrogen) atoms. The van der Waals surface area contributed by atoms with Crippen molar-refractivity contribution in [2.75, 3.05) is 127 Å². The first-order chi connectivity index (χ1) is 32.7. The van der Waals surface area contributed by atoms with Gasteiger partial charge in [0, 0.05) is 90.7 Å². The summed E-state index contributed by atoms with van der Waals surface area (Å²) >= 11 is 0. The number of aliphatic hydroxyl groups excluding tert-OH is 1. The summed E-state index contributed by atoms with van der Waals surface area (Å²) < 4.78 is 19.9. The number of aliphatic hydroxyl groups is 1. The minimum absolute atomic E-state index is 0. The van der Waals surface area contributed by atoms with E-state index >= 15 is 0 Å². The van der Waals surface area contributed by atoms with Crippen molar-refractivity contribution in [1.82, 2.24) is 54.7 Å². The first-order valence-corrected chi connectivity index (χ1v) is 23.4. The lowest BCUT2D eigenvalue weighted by Crippen LogP contribution is -3.00. The van der Waals surface area contributed by atoms with Crippen molar-refractivity contribution < 1.29 is 52.2 Å². The van der Waals surface area contributed by atoms with Crippen molar-refractivity contribution in [3.63, 3.8) is 0 Å². The zero-order valence-corrected chi connectivity index (χ0v) is 40.1. The Labute approximate surface area is 404 Å². The summed E-state index contributed by atoms with van der Waals surface area (Å²) in [4.78, 5) is 51.0. The van der Waals surface area contributed by atoms with E-state index in [9.17, 15) is 19.8 Å². The van der Waals surface area contributed by atoms with Crippen molar-refractivity contribution in [1.29, 1.82) is 0 Å². The van der Waals surface area contributed by atoms with E-state index in [0.29, 0.717) is 128 Å². The van der Waals surface area contributed by atoms with Crippen LogP contribution in [0.4, 0.5) is 17.8 Å². The van der Waals surface area contributed by atoms with Gasteiger partial charge in [-0.05, 0) is 42.9 Å². The number of aromatic hydroxyl groups is 1. The zero-order valence-electron chi connectivity index (χ0n) is 39.4. The highest BCUT2D eigenvalue weighted by atomic mass is 35.5. The van der Waals surface area contributed by atoms with Gasteiger partial charge in [0.2, 0.25) is 29.7 Å². The second-order valence-electron chi connectivity index (χ2n) is 16.7. The predicted octanol–water partition coefficient (Wildman–Crippen LogP) is -2.97. The normalized spacial score (nSPS) is 15.4. The number of nitrogens with zero attached hydrogens (tertiary/aromatic N) is 13. The number of terminal acetylenes is 1. The summed E-state index contributed by atoms with van der Waals surface area (Å²) in [5.41, 5.74) is 6.26. The molecular formula is C45H68ClN15O7. The van der Waals surface area contributed by atoms with E-state index in [-0.39, 0.29) is 49.1 Å². The second kappa shape index (κ2) is 28.0. The van der Waals surface area contributed by atoms with Gasteiger partial charge in [-0.25, -0.2) is 9.36 Å². The van der Waals surface area contributed by atoms with Crippen LogP contribution in [-0.4, -0.2) is 188 Å². The Bertz CT molecular complexity index is 2160. The van der Waals surface area contributed by atoms with Gasteiger partial charge in [-0.2, -0.15) is 15.0 Å². The van der Waals surface area contributed by atoms with Crippen LogP contribution in [0.2, 0.25) is 0 Å². The minimum atomic E-state index is -0.689. The van der Waals surface area contributed by atoms with Crippen molar-refractivity contribution >= 4 is 29.7 Å². The number of piperazine rings is 2. The van der Waals surface area contributed by atoms with Crippen LogP contribution in [0, 0.1) is 18.3 Å². The SMILES string of the molecule is C#CCOCCOCCOCCNc1nc(N2CCN(C(=O)[C@H]([C@@H](C)CC)n3cc(CCCC[NH3+])nn3)CC2)nc(N2CCN(C(=O)[C@H](Cc3ccc(O)cc3)n3cc(CCO)nn3)CC2)n1.[Cl-]. The molecular weight excluding hydrogens is 898 g/mol. The summed E-state index contributed by atoms with van der Waals surface area (Å²) in [6, 6.07) is 5.61. The lowest BCUT2D eigenvalue weighted by atomic mass is 9.97. The molecule has 3 aromatic heterocycles. The Morgan fingerprint density at radius 1 is 0.794 bits per heavy atom. The molecule has 6 N–H and O–H groups in total. The number of phenols is 1. The van der Waals surface area contributed by atoms with Crippen LogP contribution in [-0.2, 0) is 43.1 Å². The van der Waals surface area contributed by atoms with Gasteiger partial charge in [0.1, 0.15) is 24.4 Å². The van der Waals surface area contributed by atoms with Gasteiger partial charge in [0.15, 0.2) is 0 Å². The molecule has 0 aliphatic carbocycles. The van der Waals surface area contributed by atoms with E-state index in [0.717, 1.165) is 43.5 Å². The number of ether oxygens (including phenoxy) is 3. The molecule has 0 radical (unpaired) electrons. The molecule has 2 aliphatic rings. The Balaban J connectivity index is 0.00000864. The van der Waals surface area contributed by atoms with E-state index in [2.05, 4.69) is 56.3 Å². The minimum Gasteiger partial charge on any atom is -1.00 e. The lowest BCUT2D eigenvalue weighted by molar-refractivity contribution is -0.368. The van der Waals surface area contributed by atoms with E-state index in [4.69, 9.17) is 35.6 Å². The number of hydrogen-bond donors (Lipinski definition) is 4. The number of carbonyl (C=O) groups excluding carboxylic acids is 2. The number of rotatable bonds is 27. The van der Waals surface area contributed by atoms with Crippen LogP contribution >= 0.6 is 0 Å². The quantitative estimate of drug-likeness (QED) is 0.0344. The van der Waals surface area contributed by atoms with Crippen LogP contribution in [0.25, 0.3) is 0 Å². The number of hydrogen-bond acceptors (Lipinski definition) is 17. The first-order valence-electron chi connectivity index (χ1n) is 23.4. The van der Waals surface area contributed by atoms with E-state index in [1.807, 2.05) is 20.9 Å². The molecule has 2 aliphatic heterocycles. The maximum absolute atomic E-state index is 14.3. The van der Waals surface area contributed by atoms with E-state index in [1.165, 1.54) is 0 Å². The third-order valence-electron chi connectivity index (χ3n) is 11.9. The van der Waals surface area contributed by atoms with Gasteiger partial charge >= 0.3 is 0 Å². The number of quaternary nitrogens is 1. The third kappa shape index (κ3) is 15.4. The fourth-order valence-corrected chi connectivity index (χ4v) is 7.90. The number of halogens is 1. The average Bonchev–Trinajstić information content (AvgIpc) is 4.03. The predicted molar refractivity (Wildman–Crippen MR) is 248 cm³/mol. The number of carbonyl (C=O) groups is 2. The van der Waals surface area contributed by atoms with Crippen molar-refractivity contribution in [3.05, 3.63) is 53.6 Å². The number of aryl methyl sites for hydroxylation is 1. The second-order valence-corrected chi connectivity index (χ2v) is 16.7. The third-order valence-corrected chi connectivity index (χ3v) is 11.9. The van der Waals surface area contributed by atoms with Gasteiger partial charge in [-0.1, -0.05) is 48.7 Å². The van der Waals surface area contributed by atoms with Crippen LogP contribution in [0.15, 0.2) is 36.7 Å². The summed E-state index contributed by atoms with van der Waals surface area (Å²) in [7, 11) is 0. The van der Waals surface area contributed by atoms with Crippen LogP contribution < -0.4 is 33.3 Å². The van der Waals surface area contributed by atoms with Crippen LogP contribution in [0.3, 0.4) is 0 Å². The number of phenolic OH excluding ortho intramolecular Hbond substituents is 1. The molecule has 0 unspecified atom stereocenters. The van der Waals surface area contributed by atoms with Gasteiger partial charge < -0.3 is 67.5 Å². The average molecular weight is 967 g/mol. The van der Waals surface area contributed by atoms with Crippen LogP contribution in [0.1, 0.15) is 62.1 Å². The van der Waals surface area contributed by atoms with Crippen LogP contribution in [0.5, 0.6) is 5.75 Å². The Morgan fingerprint density at radius 2 is 1.37 bits per heavy atom. The molecule has 4 aromatic rings. The topological polar surface area (TPSA) is 255 Å². The molecule has 22 nitrogen and oxygen atoms in total. The number of nitrogens with one attached hydrogen (secondary N) is 1. The van der Waals surface area contributed by atoms with Gasteiger partial charge in [-0.15, -0.1) is 16.6 Å². The molecule has 2 fully saturated rings. The Kier molecular flexibility index (Phi) is 21.9. The largest absolute Gasteiger partial charge is 1.00 e. The Hall–Kier alpha value is -5.70. The summed E-state index contributed by atoms with van der Waals surface area (Å²) in [5.74, 6) is 3.87. The lowest BCUT2D eigenvalue weighted by Gasteiger charge is -2.38. The monoisotopic (exact) mass is 966 g/mol. The fraction of sp³-hybridized carbons (Fsp3) is 0.622. The Morgan fingerprint density at radius 3 is 1.97 bits per heavy atom. The zero-order chi connectivity index (χ0) is 47.4. The molecule has 6 rings (SSSR count). The van der Waals surface area contributed by atoms with Gasteiger partial charge in [0.25, 0.3) is 0 Å². The number of unbranched alkanes of at least 4 members (excludes halogenated alkanes) is 1. The molecule has 23 heteroatoms. The molecule has 2 saturated heterocycles. The van der Waals surface area contributed by atoms with Crippen molar-refractivity contribution in [2.24, 2.45) is 5.92 Å². The maximum atomic E-state index is 14.3. The first kappa shape index (κ1) is 53.3.